The van der Waals surface area contributed by atoms with Crippen molar-refractivity contribution in [1.82, 2.24) is 4.98 Å². The van der Waals surface area contributed by atoms with Crippen molar-refractivity contribution in [3.8, 4) is 11.5 Å². The number of ether oxygens (including phenoxy) is 1. The Kier molecular flexibility index (Phi) is 3.90. The molecule has 0 saturated heterocycles. The summed E-state index contributed by atoms with van der Waals surface area (Å²) >= 11 is 0. The Balaban J connectivity index is 2.06. The van der Waals surface area contributed by atoms with Crippen molar-refractivity contribution in [2.75, 3.05) is 6.26 Å². The van der Waals surface area contributed by atoms with E-state index >= 15 is 0 Å². The fourth-order valence-electron chi connectivity index (χ4n) is 2.22. The molecule has 0 aliphatic heterocycles. The zero-order valence-corrected chi connectivity index (χ0v) is 13.4. The van der Waals surface area contributed by atoms with Crippen LogP contribution < -0.4 is 4.74 Å². The zero-order valence-electron chi connectivity index (χ0n) is 12.5. The second-order valence-electron chi connectivity index (χ2n) is 5.13. The molecule has 24 heavy (non-hydrogen) atoms. The molecule has 1 heterocycles. The van der Waals surface area contributed by atoms with Gasteiger partial charge in [0.2, 0.25) is 0 Å². The van der Waals surface area contributed by atoms with E-state index in [4.69, 9.17) is 4.74 Å². The highest BCUT2D eigenvalue weighted by atomic mass is 32.2. The summed E-state index contributed by atoms with van der Waals surface area (Å²) in [7, 11) is -3.70. The molecule has 7 nitrogen and oxygen atoms in total. The molecule has 1 aromatic heterocycles. The predicted molar refractivity (Wildman–Crippen MR) is 88.0 cm³/mol. The number of hydrogen-bond donors (Lipinski definition) is 0. The number of para-hydroxylation sites is 1. The van der Waals surface area contributed by atoms with Crippen LogP contribution in [-0.4, -0.2) is 24.6 Å². The molecule has 0 aliphatic carbocycles. The van der Waals surface area contributed by atoms with Crippen molar-refractivity contribution in [2.24, 2.45) is 0 Å². The molecule has 0 bridgehead atoms. The van der Waals surface area contributed by atoms with E-state index in [9.17, 15) is 18.5 Å². The van der Waals surface area contributed by atoms with Crippen LogP contribution >= 0.6 is 0 Å². The molecule has 2 aromatic carbocycles. The van der Waals surface area contributed by atoms with Gasteiger partial charge in [0.05, 0.1) is 16.6 Å². The molecule has 8 heteroatoms. The van der Waals surface area contributed by atoms with Crippen LogP contribution in [-0.2, 0) is 9.84 Å². The minimum Gasteiger partial charge on any atom is -0.454 e. The average Bonchev–Trinajstić information content (AvgIpc) is 2.54. The number of non-ortho nitro benzene ring substituents is 1. The van der Waals surface area contributed by atoms with Crippen LogP contribution in [0.15, 0.2) is 59.6 Å². The van der Waals surface area contributed by atoms with Gasteiger partial charge in [-0.15, -0.1) is 0 Å². The average molecular weight is 344 g/mol. The first-order valence-electron chi connectivity index (χ1n) is 6.86. The van der Waals surface area contributed by atoms with Crippen LogP contribution in [0.2, 0.25) is 0 Å². The van der Waals surface area contributed by atoms with E-state index in [1.165, 1.54) is 18.3 Å². The maximum absolute atomic E-state index is 11.9. The number of pyridine rings is 1. The number of aromatic nitrogens is 1. The van der Waals surface area contributed by atoms with Crippen molar-refractivity contribution in [2.45, 2.75) is 4.90 Å². The van der Waals surface area contributed by atoms with Gasteiger partial charge in [-0.25, -0.2) is 8.42 Å². The Morgan fingerprint density at radius 3 is 2.58 bits per heavy atom. The molecular formula is C16H12N2O5S. The first-order chi connectivity index (χ1) is 11.3. The fourth-order valence-corrected chi connectivity index (χ4v) is 3.03. The Labute approximate surface area is 137 Å². The van der Waals surface area contributed by atoms with Crippen LogP contribution in [0.5, 0.6) is 11.5 Å². The van der Waals surface area contributed by atoms with E-state index in [0.717, 1.165) is 23.2 Å². The molecule has 0 atom stereocenters. The van der Waals surface area contributed by atoms with Crippen molar-refractivity contribution in [3.05, 3.63) is 64.8 Å². The van der Waals surface area contributed by atoms with Crippen LogP contribution in [0.25, 0.3) is 10.9 Å². The van der Waals surface area contributed by atoms with E-state index in [2.05, 4.69) is 4.98 Å². The van der Waals surface area contributed by atoms with Crippen LogP contribution in [0.3, 0.4) is 0 Å². The van der Waals surface area contributed by atoms with Crippen molar-refractivity contribution < 1.29 is 18.1 Å². The molecule has 0 spiro atoms. The van der Waals surface area contributed by atoms with E-state index in [1.807, 2.05) is 24.3 Å². The molecule has 0 radical (unpaired) electrons. The summed E-state index contributed by atoms with van der Waals surface area (Å²) in [4.78, 5) is 14.2. The summed E-state index contributed by atoms with van der Waals surface area (Å²) in [5.74, 6) is 0.354. The van der Waals surface area contributed by atoms with Crippen LogP contribution in [0, 0.1) is 10.1 Å². The van der Waals surface area contributed by atoms with E-state index in [-0.39, 0.29) is 16.3 Å². The normalized spacial score (nSPS) is 11.4. The van der Waals surface area contributed by atoms with Crippen molar-refractivity contribution >= 4 is 26.4 Å². The van der Waals surface area contributed by atoms with Gasteiger partial charge in [-0.1, -0.05) is 18.2 Å². The van der Waals surface area contributed by atoms with Crippen molar-refractivity contribution in [3.63, 3.8) is 0 Å². The predicted octanol–water partition coefficient (Wildman–Crippen LogP) is 3.34. The summed E-state index contributed by atoms with van der Waals surface area (Å²) in [6, 6.07) is 12.6. The molecule has 0 saturated carbocycles. The molecule has 122 valence electrons. The molecule has 0 aliphatic rings. The second-order valence-corrected chi connectivity index (χ2v) is 7.11. The van der Waals surface area contributed by atoms with E-state index < -0.39 is 14.8 Å². The number of rotatable bonds is 4. The van der Waals surface area contributed by atoms with E-state index in [1.54, 1.807) is 6.07 Å². The lowest BCUT2D eigenvalue weighted by atomic mass is 10.2. The minimum absolute atomic E-state index is 0.0141. The zero-order chi connectivity index (χ0) is 17.3. The maximum atomic E-state index is 11.9. The third kappa shape index (κ3) is 3.18. The topological polar surface area (TPSA) is 99.4 Å². The summed E-state index contributed by atoms with van der Waals surface area (Å²) in [5, 5.41) is 11.7. The van der Waals surface area contributed by atoms with Gasteiger partial charge in [0.15, 0.2) is 9.84 Å². The standard InChI is InChI=1S/C16H12N2O5S/c1-24(21,22)16-9-12(18(19)20)6-7-15(16)23-13-8-11-4-2-3-5-14(11)17-10-13/h2-10H,1H3. The molecule has 0 unspecified atom stereocenters. The minimum atomic E-state index is -3.70. The number of hydrogen-bond acceptors (Lipinski definition) is 6. The SMILES string of the molecule is CS(=O)(=O)c1cc([N+](=O)[O-])ccc1Oc1cnc2ccccc2c1. The largest absolute Gasteiger partial charge is 0.454 e. The van der Waals surface area contributed by atoms with Gasteiger partial charge in [0, 0.05) is 23.8 Å². The number of nitro benzene ring substituents is 1. The smallest absolute Gasteiger partial charge is 0.271 e. The van der Waals surface area contributed by atoms with Crippen molar-refractivity contribution in [1.29, 1.82) is 0 Å². The highest BCUT2D eigenvalue weighted by Crippen LogP contribution is 2.32. The Bertz CT molecular complexity index is 1050. The van der Waals surface area contributed by atoms with Crippen LogP contribution in [0.4, 0.5) is 5.69 Å². The van der Waals surface area contributed by atoms with Gasteiger partial charge in [-0.2, -0.15) is 0 Å². The highest BCUT2D eigenvalue weighted by Gasteiger charge is 2.20. The molecular weight excluding hydrogens is 332 g/mol. The van der Waals surface area contributed by atoms with Gasteiger partial charge in [-0.3, -0.25) is 15.1 Å². The molecule has 0 amide bonds. The molecule has 3 aromatic rings. The summed E-state index contributed by atoms with van der Waals surface area (Å²) < 4.78 is 29.4. The Morgan fingerprint density at radius 1 is 1.12 bits per heavy atom. The van der Waals surface area contributed by atoms with Gasteiger partial charge in [-0.05, 0) is 18.2 Å². The van der Waals surface area contributed by atoms with Gasteiger partial charge < -0.3 is 4.74 Å². The second kappa shape index (κ2) is 5.89. The number of nitrogens with zero attached hydrogens (tertiary/aromatic N) is 2. The summed E-state index contributed by atoms with van der Waals surface area (Å²) in [5.41, 5.74) is 0.455. The third-order valence-electron chi connectivity index (χ3n) is 3.33. The lowest BCUT2D eigenvalue weighted by Gasteiger charge is -2.10. The van der Waals surface area contributed by atoms with E-state index in [0.29, 0.717) is 5.75 Å². The summed E-state index contributed by atoms with van der Waals surface area (Å²) in [6.45, 7) is 0. The first-order valence-corrected chi connectivity index (χ1v) is 8.75. The number of fused-ring (bicyclic) bond motifs is 1. The lowest BCUT2D eigenvalue weighted by molar-refractivity contribution is -0.385. The molecule has 0 fully saturated rings. The first kappa shape index (κ1) is 15.9. The highest BCUT2D eigenvalue weighted by molar-refractivity contribution is 7.90. The summed E-state index contributed by atoms with van der Waals surface area (Å²) in [6.07, 6.45) is 2.44. The lowest BCUT2D eigenvalue weighted by Crippen LogP contribution is -2.02. The third-order valence-corrected chi connectivity index (χ3v) is 4.45. The number of nitro groups is 1. The van der Waals surface area contributed by atoms with Gasteiger partial charge >= 0.3 is 0 Å². The number of sulfone groups is 1. The van der Waals surface area contributed by atoms with Gasteiger partial charge in [0.1, 0.15) is 16.4 Å². The number of benzene rings is 2. The Hall–Kier alpha value is -3.00. The maximum Gasteiger partial charge on any atom is 0.271 e. The van der Waals surface area contributed by atoms with Gasteiger partial charge in [0.25, 0.3) is 5.69 Å². The molecule has 3 rings (SSSR count). The molecule has 0 N–H and O–H groups in total. The quantitative estimate of drug-likeness (QED) is 0.531. The van der Waals surface area contributed by atoms with Crippen LogP contribution in [0.1, 0.15) is 0 Å². The Morgan fingerprint density at radius 2 is 1.88 bits per heavy atom. The fraction of sp³-hybridized carbons (Fsp3) is 0.0625. The monoisotopic (exact) mass is 344 g/mol.